The molecule has 0 atom stereocenters. The van der Waals surface area contributed by atoms with Gasteiger partial charge in [-0.15, -0.1) is 0 Å². The predicted molar refractivity (Wildman–Crippen MR) is 103 cm³/mol. The summed E-state index contributed by atoms with van der Waals surface area (Å²) in [4.78, 5) is 7.65. The summed E-state index contributed by atoms with van der Waals surface area (Å²) in [6.07, 6.45) is 2.07. The molecule has 0 radical (unpaired) electrons. The highest BCUT2D eigenvalue weighted by molar-refractivity contribution is 7.91. The molecule has 0 fully saturated rings. The number of aliphatic hydroxyl groups excluding tert-OH is 1. The van der Waals surface area contributed by atoms with E-state index in [1.54, 1.807) is 24.3 Å². The van der Waals surface area contributed by atoms with Crippen LogP contribution in [0.15, 0.2) is 58.4 Å². The molecule has 0 aliphatic rings. The summed E-state index contributed by atoms with van der Waals surface area (Å²) in [6.45, 7) is -0.652. The lowest BCUT2D eigenvalue weighted by Gasteiger charge is -2.06. The van der Waals surface area contributed by atoms with E-state index < -0.39 is 38.9 Å². The van der Waals surface area contributed by atoms with Crippen LogP contribution in [-0.4, -0.2) is 50.8 Å². The molecule has 1 N–H and O–H groups in total. The Hall–Kier alpha value is -3.51. The van der Waals surface area contributed by atoms with Crippen molar-refractivity contribution in [2.75, 3.05) is 12.4 Å². The van der Waals surface area contributed by atoms with Crippen molar-refractivity contribution in [2.45, 2.75) is 11.6 Å². The van der Waals surface area contributed by atoms with Gasteiger partial charge in [0.05, 0.1) is 30.8 Å². The fourth-order valence-electron chi connectivity index (χ4n) is 2.90. The molecule has 160 valence electrons. The fourth-order valence-corrected chi connectivity index (χ4v) is 3.90. The van der Waals surface area contributed by atoms with Crippen molar-refractivity contribution in [3.05, 3.63) is 66.1 Å². The van der Waals surface area contributed by atoms with E-state index in [2.05, 4.69) is 20.2 Å². The summed E-state index contributed by atoms with van der Waals surface area (Å²) in [6, 6.07) is 9.23. The molecule has 4 aromatic rings. The summed E-state index contributed by atoms with van der Waals surface area (Å²) in [5.74, 6) is -2.41. The van der Waals surface area contributed by atoms with Crippen molar-refractivity contribution in [3.8, 4) is 22.9 Å². The zero-order chi connectivity index (χ0) is 22.0. The van der Waals surface area contributed by atoms with Crippen LogP contribution in [0.5, 0.6) is 0 Å². The number of aliphatic hydroxyl groups is 1. The Bertz CT molecular complexity index is 1320. The van der Waals surface area contributed by atoms with Gasteiger partial charge < -0.3 is 9.63 Å². The molecule has 0 spiro atoms. The molecule has 0 saturated heterocycles. The van der Waals surface area contributed by atoms with E-state index in [9.17, 15) is 17.2 Å². The molecule has 0 bridgehead atoms. The third kappa shape index (κ3) is 4.20. The molecule has 0 aliphatic carbocycles. The molecule has 0 unspecified atom stereocenters. The second-order valence-corrected chi connectivity index (χ2v) is 8.46. The molecule has 4 rings (SSSR count). The quantitative estimate of drug-likeness (QED) is 0.427. The average Bonchev–Trinajstić information content (AvgIpc) is 3.40. The Balaban J connectivity index is 1.81. The van der Waals surface area contributed by atoms with Gasteiger partial charge in [-0.2, -0.15) is 5.10 Å². The summed E-state index contributed by atoms with van der Waals surface area (Å²) in [5, 5.41) is 16.3. The van der Waals surface area contributed by atoms with Crippen molar-refractivity contribution >= 4 is 9.84 Å². The van der Waals surface area contributed by atoms with Gasteiger partial charge in [0.25, 0.3) is 0 Å². The van der Waals surface area contributed by atoms with Crippen molar-refractivity contribution < 1.29 is 26.8 Å². The molecule has 9 nitrogen and oxygen atoms in total. The number of halogens is 2. The first-order valence-corrected chi connectivity index (χ1v) is 10.6. The van der Waals surface area contributed by atoms with E-state index >= 15 is 0 Å². The van der Waals surface area contributed by atoms with E-state index in [1.807, 2.05) is 0 Å². The van der Waals surface area contributed by atoms with Gasteiger partial charge in [-0.05, 0) is 12.1 Å². The molecule has 3 aromatic heterocycles. The van der Waals surface area contributed by atoms with E-state index in [4.69, 9.17) is 9.63 Å². The SMILES string of the molecule is O=S(=O)(CCO)c1nc(-c2cc(-c3ccon3)n(Cc3ccccc3F)n2)ncc1F. The lowest BCUT2D eigenvalue weighted by atomic mass is 10.2. The third-order valence-corrected chi connectivity index (χ3v) is 5.95. The van der Waals surface area contributed by atoms with Crippen LogP contribution in [0.25, 0.3) is 22.9 Å². The Morgan fingerprint density at radius 3 is 2.61 bits per heavy atom. The molecule has 0 aliphatic heterocycles. The number of hydrogen-bond donors (Lipinski definition) is 1. The van der Waals surface area contributed by atoms with Gasteiger partial charge >= 0.3 is 0 Å². The fraction of sp³-hybridized carbons (Fsp3) is 0.158. The van der Waals surface area contributed by atoms with Crippen LogP contribution in [0.1, 0.15) is 5.56 Å². The van der Waals surface area contributed by atoms with E-state index in [0.29, 0.717) is 17.0 Å². The van der Waals surface area contributed by atoms with Gasteiger partial charge in [0.2, 0.25) is 9.84 Å². The number of sulfone groups is 1. The minimum absolute atomic E-state index is 0.0335. The normalized spacial score (nSPS) is 11.7. The van der Waals surface area contributed by atoms with Crippen LogP contribution in [0.2, 0.25) is 0 Å². The maximum absolute atomic E-state index is 14.2. The Morgan fingerprint density at radius 2 is 1.90 bits per heavy atom. The van der Waals surface area contributed by atoms with Gasteiger partial charge in [-0.3, -0.25) is 4.68 Å². The van der Waals surface area contributed by atoms with Gasteiger partial charge in [0.15, 0.2) is 16.7 Å². The summed E-state index contributed by atoms with van der Waals surface area (Å²) in [5.41, 5.74) is 1.30. The number of benzene rings is 1. The van der Waals surface area contributed by atoms with Crippen LogP contribution in [-0.2, 0) is 16.4 Å². The largest absolute Gasteiger partial charge is 0.395 e. The minimum Gasteiger partial charge on any atom is -0.395 e. The number of rotatable bonds is 7. The Kier molecular flexibility index (Phi) is 5.57. The average molecular weight is 447 g/mol. The van der Waals surface area contributed by atoms with Crippen LogP contribution < -0.4 is 0 Å². The second kappa shape index (κ2) is 8.32. The molecular weight excluding hydrogens is 432 g/mol. The second-order valence-electron chi connectivity index (χ2n) is 6.44. The summed E-state index contributed by atoms with van der Waals surface area (Å²) >= 11 is 0. The zero-order valence-electron chi connectivity index (χ0n) is 15.8. The zero-order valence-corrected chi connectivity index (χ0v) is 16.6. The molecule has 1 aromatic carbocycles. The number of hydrogen-bond acceptors (Lipinski definition) is 8. The first-order chi connectivity index (χ1) is 14.9. The van der Waals surface area contributed by atoms with Gasteiger partial charge in [-0.1, -0.05) is 23.4 Å². The first-order valence-electron chi connectivity index (χ1n) is 8.97. The molecule has 0 saturated carbocycles. The lowest BCUT2D eigenvalue weighted by Crippen LogP contribution is -2.14. The van der Waals surface area contributed by atoms with E-state index in [0.717, 1.165) is 6.20 Å². The van der Waals surface area contributed by atoms with Crippen LogP contribution >= 0.6 is 0 Å². The van der Waals surface area contributed by atoms with Crippen LogP contribution in [0.4, 0.5) is 8.78 Å². The summed E-state index contributed by atoms with van der Waals surface area (Å²) < 4.78 is 58.9. The van der Waals surface area contributed by atoms with Crippen LogP contribution in [0.3, 0.4) is 0 Å². The van der Waals surface area contributed by atoms with Gasteiger partial charge in [0.1, 0.15) is 23.5 Å². The van der Waals surface area contributed by atoms with Crippen molar-refractivity contribution in [1.29, 1.82) is 0 Å². The lowest BCUT2D eigenvalue weighted by molar-refractivity contribution is 0.319. The molecule has 12 heteroatoms. The van der Waals surface area contributed by atoms with Crippen LogP contribution in [0, 0.1) is 11.6 Å². The molecule has 31 heavy (non-hydrogen) atoms. The highest BCUT2D eigenvalue weighted by Crippen LogP contribution is 2.26. The molecule has 0 amide bonds. The maximum Gasteiger partial charge on any atom is 0.200 e. The van der Waals surface area contributed by atoms with Crippen molar-refractivity contribution in [2.24, 2.45) is 0 Å². The first kappa shape index (κ1) is 20.8. The van der Waals surface area contributed by atoms with Crippen molar-refractivity contribution in [3.63, 3.8) is 0 Å². The van der Waals surface area contributed by atoms with Crippen molar-refractivity contribution in [1.82, 2.24) is 24.9 Å². The molecular formula is C19H15F2N5O4S. The summed E-state index contributed by atoms with van der Waals surface area (Å²) in [7, 11) is -4.16. The van der Waals surface area contributed by atoms with Gasteiger partial charge in [0, 0.05) is 11.6 Å². The Morgan fingerprint density at radius 1 is 1.10 bits per heavy atom. The number of aromatic nitrogens is 5. The Labute approximate surface area is 174 Å². The maximum atomic E-state index is 14.2. The van der Waals surface area contributed by atoms with Gasteiger partial charge in [-0.25, -0.2) is 27.2 Å². The number of nitrogens with zero attached hydrogens (tertiary/aromatic N) is 5. The third-order valence-electron chi connectivity index (χ3n) is 4.35. The van der Waals surface area contributed by atoms with E-state index in [1.165, 1.54) is 23.1 Å². The topological polar surface area (TPSA) is 124 Å². The smallest absolute Gasteiger partial charge is 0.200 e. The standard InChI is InChI=1S/C19H15F2N5O4S/c20-13-4-2-1-3-12(13)11-26-17(15-5-7-30-25-15)9-16(24-26)18-22-10-14(21)19(23-18)31(28,29)8-6-27/h1-5,7,9-10,27H,6,8,11H2. The highest BCUT2D eigenvalue weighted by atomic mass is 32.2. The van der Waals surface area contributed by atoms with E-state index in [-0.39, 0.29) is 18.1 Å². The minimum atomic E-state index is -4.16. The molecule has 3 heterocycles. The predicted octanol–water partition coefficient (Wildman–Crippen LogP) is 2.09. The monoisotopic (exact) mass is 447 g/mol. The highest BCUT2D eigenvalue weighted by Gasteiger charge is 2.24.